The fraction of sp³-hybridized carbons (Fsp3) is 0.684. The number of ether oxygens (including phenoxy) is 1. The smallest absolute Gasteiger partial charge is 0.257 e. The minimum Gasteiger partial charge on any atom is -0.472 e. The van der Waals surface area contributed by atoms with Crippen LogP contribution in [0.4, 0.5) is 0 Å². The van der Waals surface area contributed by atoms with Gasteiger partial charge in [-0.3, -0.25) is 9.59 Å². The van der Waals surface area contributed by atoms with E-state index in [1.807, 2.05) is 0 Å². The van der Waals surface area contributed by atoms with Gasteiger partial charge in [0.15, 0.2) is 0 Å². The minimum absolute atomic E-state index is 0.0317. The third-order valence-corrected chi connectivity index (χ3v) is 5.08. The molecule has 3 rings (SSSR count). The van der Waals surface area contributed by atoms with E-state index in [0.29, 0.717) is 31.1 Å². The molecule has 6 nitrogen and oxygen atoms in total. The molecule has 25 heavy (non-hydrogen) atoms. The molecule has 1 atom stereocenters. The van der Waals surface area contributed by atoms with Gasteiger partial charge in [-0.15, -0.1) is 0 Å². The summed E-state index contributed by atoms with van der Waals surface area (Å²) in [5, 5.41) is 3.11. The molecular weight excluding hydrogens is 320 g/mol. The number of amides is 2. The van der Waals surface area contributed by atoms with Crippen LogP contribution in [0.2, 0.25) is 0 Å². The number of rotatable bonds is 7. The molecule has 1 aliphatic carbocycles. The van der Waals surface area contributed by atoms with Crippen molar-refractivity contribution >= 4 is 11.8 Å². The molecule has 1 N–H and O–H groups in total. The SMILES string of the molecule is O=C(CCN(CC1CCCO1)C(=O)c1ccoc1)NC1CCCCC1. The maximum Gasteiger partial charge on any atom is 0.257 e. The Hall–Kier alpha value is -1.82. The van der Waals surface area contributed by atoms with E-state index in [1.54, 1.807) is 11.0 Å². The summed E-state index contributed by atoms with van der Waals surface area (Å²) in [5.74, 6) is -0.0704. The predicted molar refractivity (Wildman–Crippen MR) is 93.2 cm³/mol. The first-order chi connectivity index (χ1) is 12.2. The van der Waals surface area contributed by atoms with Gasteiger partial charge >= 0.3 is 0 Å². The lowest BCUT2D eigenvalue weighted by Gasteiger charge is -2.26. The molecule has 1 saturated carbocycles. The van der Waals surface area contributed by atoms with E-state index < -0.39 is 0 Å². The van der Waals surface area contributed by atoms with Gasteiger partial charge in [-0.25, -0.2) is 0 Å². The molecule has 2 fully saturated rings. The second-order valence-corrected chi connectivity index (χ2v) is 7.05. The van der Waals surface area contributed by atoms with Gasteiger partial charge in [0, 0.05) is 32.2 Å². The zero-order valence-corrected chi connectivity index (χ0v) is 14.7. The van der Waals surface area contributed by atoms with Crippen molar-refractivity contribution in [2.24, 2.45) is 0 Å². The number of furan rings is 1. The first kappa shape index (κ1) is 18.0. The lowest BCUT2D eigenvalue weighted by atomic mass is 9.95. The van der Waals surface area contributed by atoms with Crippen LogP contribution in [0.1, 0.15) is 61.7 Å². The molecule has 2 aliphatic rings. The van der Waals surface area contributed by atoms with Crippen LogP contribution < -0.4 is 5.32 Å². The third kappa shape index (κ3) is 5.33. The van der Waals surface area contributed by atoms with Crippen molar-refractivity contribution in [3.63, 3.8) is 0 Å². The molecule has 138 valence electrons. The van der Waals surface area contributed by atoms with Crippen molar-refractivity contribution in [1.29, 1.82) is 0 Å². The zero-order chi connectivity index (χ0) is 17.5. The zero-order valence-electron chi connectivity index (χ0n) is 14.7. The predicted octanol–water partition coefficient (Wildman–Crippen LogP) is 2.74. The molecule has 1 aliphatic heterocycles. The second-order valence-electron chi connectivity index (χ2n) is 7.05. The topological polar surface area (TPSA) is 71.8 Å². The molecule has 1 saturated heterocycles. The number of nitrogens with zero attached hydrogens (tertiary/aromatic N) is 1. The normalized spacial score (nSPS) is 21.2. The summed E-state index contributed by atoms with van der Waals surface area (Å²) in [6.45, 7) is 1.68. The number of carbonyl (C=O) groups excluding carboxylic acids is 2. The van der Waals surface area contributed by atoms with Gasteiger partial charge < -0.3 is 19.4 Å². The summed E-state index contributed by atoms with van der Waals surface area (Å²) in [6.07, 6.45) is 11.1. The Labute approximate surface area is 148 Å². The summed E-state index contributed by atoms with van der Waals surface area (Å²) >= 11 is 0. The van der Waals surface area contributed by atoms with Crippen molar-refractivity contribution in [2.75, 3.05) is 19.7 Å². The van der Waals surface area contributed by atoms with E-state index in [-0.39, 0.29) is 17.9 Å². The summed E-state index contributed by atoms with van der Waals surface area (Å²) in [6, 6.07) is 1.96. The lowest BCUT2D eigenvalue weighted by Crippen LogP contribution is -2.41. The van der Waals surface area contributed by atoms with E-state index in [9.17, 15) is 9.59 Å². The molecule has 1 aromatic heterocycles. The van der Waals surface area contributed by atoms with Gasteiger partial charge in [0.1, 0.15) is 6.26 Å². The molecule has 0 spiro atoms. The number of hydrogen-bond donors (Lipinski definition) is 1. The van der Waals surface area contributed by atoms with Crippen molar-refractivity contribution < 1.29 is 18.7 Å². The van der Waals surface area contributed by atoms with Gasteiger partial charge in [-0.2, -0.15) is 0 Å². The molecule has 1 aromatic rings. The van der Waals surface area contributed by atoms with Crippen molar-refractivity contribution in [2.45, 2.75) is 63.5 Å². The van der Waals surface area contributed by atoms with Crippen LogP contribution in [0.3, 0.4) is 0 Å². The van der Waals surface area contributed by atoms with Crippen LogP contribution in [0.25, 0.3) is 0 Å². The number of hydrogen-bond acceptors (Lipinski definition) is 4. The Morgan fingerprint density at radius 3 is 2.68 bits per heavy atom. The molecule has 1 unspecified atom stereocenters. The largest absolute Gasteiger partial charge is 0.472 e. The van der Waals surface area contributed by atoms with Crippen LogP contribution in [-0.2, 0) is 9.53 Å². The Balaban J connectivity index is 1.52. The lowest BCUT2D eigenvalue weighted by molar-refractivity contribution is -0.122. The van der Waals surface area contributed by atoms with Gasteiger partial charge in [-0.1, -0.05) is 19.3 Å². The van der Waals surface area contributed by atoms with Crippen LogP contribution in [0.5, 0.6) is 0 Å². The van der Waals surface area contributed by atoms with Crippen molar-refractivity contribution in [1.82, 2.24) is 10.2 Å². The van der Waals surface area contributed by atoms with Crippen LogP contribution in [-0.4, -0.2) is 48.6 Å². The molecule has 2 heterocycles. The Bertz CT molecular complexity index is 546. The van der Waals surface area contributed by atoms with E-state index in [0.717, 1.165) is 32.3 Å². The highest BCUT2D eigenvalue weighted by Crippen LogP contribution is 2.18. The minimum atomic E-state index is -0.102. The van der Waals surface area contributed by atoms with Gasteiger partial charge in [0.05, 0.1) is 17.9 Å². The highest BCUT2D eigenvalue weighted by Gasteiger charge is 2.25. The quantitative estimate of drug-likeness (QED) is 0.822. The average molecular weight is 348 g/mol. The molecule has 6 heteroatoms. The Kier molecular flexibility index (Phi) is 6.50. The van der Waals surface area contributed by atoms with Gasteiger partial charge in [0.25, 0.3) is 5.91 Å². The first-order valence-electron chi connectivity index (χ1n) is 9.45. The van der Waals surface area contributed by atoms with Crippen molar-refractivity contribution in [3.05, 3.63) is 24.2 Å². The third-order valence-electron chi connectivity index (χ3n) is 5.08. The molecule has 0 bridgehead atoms. The van der Waals surface area contributed by atoms with Crippen LogP contribution >= 0.6 is 0 Å². The van der Waals surface area contributed by atoms with Crippen LogP contribution in [0, 0.1) is 0 Å². The summed E-state index contributed by atoms with van der Waals surface area (Å²) in [5.41, 5.74) is 0.519. The summed E-state index contributed by atoms with van der Waals surface area (Å²) < 4.78 is 10.7. The van der Waals surface area contributed by atoms with Crippen molar-refractivity contribution in [3.8, 4) is 0 Å². The van der Waals surface area contributed by atoms with E-state index in [2.05, 4.69) is 5.32 Å². The van der Waals surface area contributed by atoms with E-state index >= 15 is 0 Å². The standard InChI is InChI=1S/C19H28N2O4/c22-18(20-16-5-2-1-3-6-16)8-10-21(13-17-7-4-11-25-17)19(23)15-9-12-24-14-15/h9,12,14,16-17H,1-8,10-11,13H2,(H,20,22). The van der Waals surface area contributed by atoms with E-state index in [4.69, 9.17) is 9.15 Å². The summed E-state index contributed by atoms with van der Waals surface area (Å²) in [4.78, 5) is 26.7. The molecule has 2 amide bonds. The van der Waals surface area contributed by atoms with Gasteiger partial charge in [-0.05, 0) is 31.7 Å². The fourth-order valence-corrected chi connectivity index (χ4v) is 3.66. The summed E-state index contributed by atoms with van der Waals surface area (Å²) in [7, 11) is 0. The molecular formula is C19H28N2O4. The maximum absolute atomic E-state index is 12.7. The first-order valence-corrected chi connectivity index (χ1v) is 9.45. The molecule has 0 aromatic carbocycles. The van der Waals surface area contributed by atoms with E-state index in [1.165, 1.54) is 31.8 Å². The number of carbonyl (C=O) groups is 2. The molecule has 0 radical (unpaired) electrons. The van der Waals surface area contributed by atoms with Crippen LogP contribution in [0.15, 0.2) is 23.0 Å². The monoisotopic (exact) mass is 348 g/mol. The Morgan fingerprint density at radius 1 is 1.16 bits per heavy atom. The second kappa shape index (κ2) is 9.04. The maximum atomic E-state index is 12.7. The highest BCUT2D eigenvalue weighted by atomic mass is 16.5. The fourth-order valence-electron chi connectivity index (χ4n) is 3.66. The Morgan fingerprint density at radius 2 is 2.00 bits per heavy atom. The average Bonchev–Trinajstić information content (AvgIpc) is 3.32. The number of nitrogens with one attached hydrogen (secondary N) is 1. The van der Waals surface area contributed by atoms with Gasteiger partial charge in [0.2, 0.25) is 5.91 Å². The highest BCUT2D eigenvalue weighted by molar-refractivity contribution is 5.94.